The van der Waals surface area contributed by atoms with Gasteiger partial charge in [0.1, 0.15) is 17.9 Å². The number of carbonyl (C=O) groups is 4. The van der Waals surface area contributed by atoms with Crippen LogP contribution >= 0.6 is 11.8 Å². The van der Waals surface area contributed by atoms with Crippen LogP contribution < -0.4 is 11.1 Å². The Balaban J connectivity index is 1.76. The fourth-order valence-electron chi connectivity index (χ4n) is 3.57. The van der Waals surface area contributed by atoms with Gasteiger partial charge in [0.15, 0.2) is 0 Å². The molecule has 3 rings (SSSR count). The van der Waals surface area contributed by atoms with Crippen molar-refractivity contribution in [1.29, 1.82) is 0 Å². The van der Waals surface area contributed by atoms with Crippen molar-refractivity contribution >= 4 is 35.3 Å². The van der Waals surface area contributed by atoms with Gasteiger partial charge < -0.3 is 20.9 Å². The van der Waals surface area contributed by atoms with Gasteiger partial charge in [0, 0.05) is 37.1 Å². The maximum Gasteiger partial charge on any atom is 0.246 e. The summed E-state index contributed by atoms with van der Waals surface area (Å²) in [4.78, 5) is 57.4. The molecule has 4 atom stereocenters. The zero-order valence-electron chi connectivity index (χ0n) is 15.0. The number of imidazole rings is 1. The molecule has 3 amide bonds. The summed E-state index contributed by atoms with van der Waals surface area (Å²) in [6.45, 7) is 1.86. The highest BCUT2D eigenvalue weighted by molar-refractivity contribution is 7.99. The number of amides is 3. The summed E-state index contributed by atoms with van der Waals surface area (Å²) in [7, 11) is 0. The number of nitrogens with one attached hydrogen (secondary N) is 2. The van der Waals surface area contributed by atoms with E-state index in [-0.39, 0.29) is 36.4 Å². The molecule has 9 nitrogen and oxygen atoms in total. The van der Waals surface area contributed by atoms with E-state index in [4.69, 9.17) is 5.73 Å². The summed E-state index contributed by atoms with van der Waals surface area (Å²) in [5, 5.41) is 2.79. The minimum absolute atomic E-state index is 0.0562. The van der Waals surface area contributed by atoms with Crippen molar-refractivity contribution < 1.29 is 19.2 Å². The maximum absolute atomic E-state index is 13.1. The van der Waals surface area contributed by atoms with Crippen LogP contribution in [-0.4, -0.2) is 62.1 Å². The smallest absolute Gasteiger partial charge is 0.246 e. The van der Waals surface area contributed by atoms with Gasteiger partial charge in [-0.1, -0.05) is 6.92 Å². The number of primary amides is 1. The molecular formula is C17H23N5O4S. The highest BCUT2D eigenvalue weighted by Gasteiger charge is 2.40. The summed E-state index contributed by atoms with van der Waals surface area (Å²) in [6.07, 6.45) is 3.91. The van der Waals surface area contributed by atoms with Crippen LogP contribution in [0, 0.1) is 11.8 Å². The summed E-state index contributed by atoms with van der Waals surface area (Å²) in [5.74, 6) is -0.889. The first-order valence-corrected chi connectivity index (χ1v) is 9.99. The van der Waals surface area contributed by atoms with Crippen molar-refractivity contribution in [2.75, 3.05) is 11.6 Å². The first kappa shape index (κ1) is 19.4. The standard InChI is InChI=1S/C17H23N5O4S/c1-9-2-11(23)4-12(9)16(25)21-13(3-10-5-19-7-20-10)17(26)22-8-27-6-14(22)15(18)24/h5,7,9,12-14H,2-4,6,8H2,1H3,(H2,18,24)(H,19,20)(H,21,25)/t9?,12?,13-,14?/m0/s1. The van der Waals surface area contributed by atoms with Crippen LogP contribution in [0.4, 0.5) is 0 Å². The molecule has 2 aliphatic rings. The van der Waals surface area contributed by atoms with Crippen LogP contribution in [0.25, 0.3) is 0 Å². The Morgan fingerprint density at radius 2 is 2.22 bits per heavy atom. The monoisotopic (exact) mass is 393 g/mol. The molecule has 27 heavy (non-hydrogen) atoms. The summed E-state index contributed by atoms with van der Waals surface area (Å²) in [6, 6.07) is -1.56. The van der Waals surface area contributed by atoms with Crippen molar-refractivity contribution in [3.8, 4) is 0 Å². The molecule has 1 saturated carbocycles. The number of nitrogens with two attached hydrogens (primary N) is 1. The highest BCUT2D eigenvalue weighted by Crippen LogP contribution is 2.29. The Labute approximate surface area is 160 Å². The topological polar surface area (TPSA) is 138 Å². The zero-order valence-corrected chi connectivity index (χ0v) is 15.8. The number of hydrogen-bond acceptors (Lipinski definition) is 6. The van der Waals surface area contributed by atoms with E-state index in [1.807, 2.05) is 6.92 Å². The molecule has 1 saturated heterocycles. The lowest BCUT2D eigenvalue weighted by atomic mass is 9.96. The molecule has 0 spiro atoms. The van der Waals surface area contributed by atoms with Crippen LogP contribution in [0.1, 0.15) is 25.5 Å². The van der Waals surface area contributed by atoms with Gasteiger partial charge in [0.05, 0.1) is 17.9 Å². The van der Waals surface area contributed by atoms with Crippen LogP contribution in [-0.2, 0) is 25.6 Å². The second-order valence-corrected chi connectivity index (χ2v) is 8.08. The van der Waals surface area contributed by atoms with E-state index in [0.29, 0.717) is 23.7 Å². The summed E-state index contributed by atoms with van der Waals surface area (Å²) < 4.78 is 0. The van der Waals surface area contributed by atoms with Crippen molar-refractivity contribution in [3.63, 3.8) is 0 Å². The van der Waals surface area contributed by atoms with Crippen molar-refractivity contribution in [2.24, 2.45) is 17.6 Å². The quantitative estimate of drug-likeness (QED) is 0.592. The van der Waals surface area contributed by atoms with E-state index < -0.39 is 23.9 Å². The molecule has 1 aliphatic heterocycles. The number of nitrogens with zero attached hydrogens (tertiary/aromatic N) is 2. The van der Waals surface area contributed by atoms with Crippen LogP contribution in [0.15, 0.2) is 12.5 Å². The third kappa shape index (κ3) is 4.32. The zero-order chi connectivity index (χ0) is 19.6. The molecule has 1 aromatic heterocycles. The molecule has 0 aromatic carbocycles. The fourth-order valence-corrected chi connectivity index (χ4v) is 4.75. The lowest BCUT2D eigenvalue weighted by Crippen LogP contribution is -2.55. The Morgan fingerprint density at radius 1 is 1.44 bits per heavy atom. The van der Waals surface area contributed by atoms with Crippen LogP contribution in [0.3, 0.4) is 0 Å². The highest BCUT2D eigenvalue weighted by atomic mass is 32.2. The SMILES string of the molecule is CC1CC(=O)CC1C(=O)N[C@@H](Cc1c[nH]cn1)C(=O)N1CSCC1C(N)=O. The molecule has 10 heteroatoms. The molecule has 4 N–H and O–H groups in total. The molecule has 1 aliphatic carbocycles. The number of H-pyrrole nitrogens is 1. The van der Waals surface area contributed by atoms with Crippen LogP contribution in [0.2, 0.25) is 0 Å². The van der Waals surface area contributed by atoms with Gasteiger partial charge in [-0.3, -0.25) is 19.2 Å². The normalized spacial score (nSPS) is 26.2. The fraction of sp³-hybridized carbons (Fsp3) is 0.588. The van der Waals surface area contributed by atoms with Gasteiger partial charge in [-0.25, -0.2) is 4.98 Å². The number of rotatable bonds is 6. The third-order valence-corrected chi connectivity index (χ3v) is 6.11. The molecule has 0 radical (unpaired) electrons. The van der Waals surface area contributed by atoms with Gasteiger partial charge in [0.25, 0.3) is 0 Å². The van der Waals surface area contributed by atoms with Crippen molar-refractivity contribution in [2.45, 2.75) is 38.3 Å². The molecule has 2 heterocycles. The second-order valence-electron chi connectivity index (χ2n) is 7.08. The van der Waals surface area contributed by atoms with E-state index in [2.05, 4.69) is 15.3 Å². The molecule has 3 unspecified atom stereocenters. The number of thioether (sulfide) groups is 1. The number of ketones is 1. The average molecular weight is 393 g/mol. The average Bonchev–Trinajstić information content (AvgIpc) is 3.34. The molecule has 146 valence electrons. The second kappa shape index (κ2) is 8.12. The number of aromatic nitrogens is 2. The minimum Gasteiger partial charge on any atom is -0.368 e. The largest absolute Gasteiger partial charge is 0.368 e. The number of aromatic amines is 1. The Bertz CT molecular complexity index is 738. The van der Waals surface area contributed by atoms with Gasteiger partial charge in [-0.2, -0.15) is 0 Å². The maximum atomic E-state index is 13.1. The van der Waals surface area contributed by atoms with E-state index in [0.717, 1.165) is 0 Å². The van der Waals surface area contributed by atoms with Gasteiger partial charge >= 0.3 is 0 Å². The van der Waals surface area contributed by atoms with E-state index in [1.165, 1.54) is 23.0 Å². The first-order valence-electron chi connectivity index (χ1n) is 8.84. The molecule has 1 aromatic rings. The predicted molar refractivity (Wildman–Crippen MR) is 98.3 cm³/mol. The molecule has 2 fully saturated rings. The number of hydrogen-bond donors (Lipinski definition) is 3. The Kier molecular flexibility index (Phi) is 5.83. The summed E-state index contributed by atoms with van der Waals surface area (Å²) in [5.41, 5.74) is 6.03. The Morgan fingerprint density at radius 3 is 2.81 bits per heavy atom. The number of carbonyl (C=O) groups excluding carboxylic acids is 4. The Hall–Kier alpha value is -2.36. The van der Waals surface area contributed by atoms with E-state index in [9.17, 15) is 19.2 Å². The first-order chi connectivity index (χ1) is 12.9. The van der Waals surface area contributed by atoms with Gasteiger partial charge in [-0.15, -0.1) is 11.8 Å². The van der Waals surface area contributed by atoms with Crippen molar-refractivity contribution in [1.82, 2.24) is 20.2 Å². The molecule has 0 bridgehead atoms. The van der Waals surface area contributed by atoms with Gasteiger partial charge in [-0.05, 0) is 5.92 Å². The number of Topliss-reactive ketones (excluding diaryl/α,β-unsaturated/α-hetero) is 1. The minimum atomic E-state index is -0.871. The summed E-state index contributed by atoms with van der Waals surface area (Å²) >= 11 is 1.44. The predicted octanol–water partition coefficient (Wildman–Crippen LogP) is -0.561. The lowest BCUT2D eigenvalue weighted by molar-refractivity contribution is -0.141. The lowest BCUT2D eigenvalue weighted by Gasteiger charge is -2.28. The van der Waals surface area contributed by atoms with E-state index in [1.54, 1.807) is 6.20 Å². The van der Waals surface area contributed by atoms with Crippen LogP contribution in [0.5, 0.6) is 0 Å². The molecular weight excluding hydrogens is 370 g/mol. The third-order valence-electron chi connectivity index (χ3n) is 5.10. The van der Waals surface area contributed by atoms with Crippen molar-refractivity contribution in [3.05, 3.63) is 18.2 Å². The van der Waals surface area contributed by atoms with E-state index >= 15 is 0 Å². The van der Waals surface area contributed by atoms with Gasteiger partial charge in [0.2, 0.25) is 17.7 Å².